The van der Waals surface area contributed by atoms with Crippen LogP contribution < -0.4 is 4.52 Å². The van der Waals surface area contributed by atoms with Gasteiger partial charge in [0.25, 0.3) is 0 Å². The van der Waals surface area contributed by atoms with Gasteiger partial charge in [-0.25, -0.2) is 0 Å². The van der Waals surface area contributed by atoms with Crippen LogP contribution in [0.25, 0.3) is 0 Å². The molecule has 0 fully saturated rings. The van der Waals surface area contributed by atoms with E-state index in [1.165, 1.54) is 5.56 Å². The van der Waals surface area contributed by atoms with E-state index < -0.39 is 8.60 Å². The summed E-state index contributed by atoms with van der Waals surface area (Å²) in [5.41, 5.74) is 2.66. The first-order chi connectivity index (χ1) is 11.4. The molecule has 138 valence electrons. The first kappa shape index (κ1) is 21.4. The highest BCUT2D eigenvalue weighted by Gasteiger charge is 2.33. The molecule has 0 bridgehead atoms. The highest BCUT2D eigenvalue weighted by atomic mass is 31.2. The summed E-state index contributed by atoms with van der Waals surface area (Å²) in [6.07, 6.45) is 6.32. The topological polar surface area (TPSA) is 49.7 Å². The number of rotatable bonds is 10. The minimum absolute atomic E-state index is 0.0116. The van der Waals surface area contributed by atoms with Crippen LogP contribution in [0, 0.1) is 0 Å². The zero-order valence-corrected chi connectivity index (χ0v) is 17.1. The molecule has 0 aliphatic carbocycles. The van der Waals surface area contributed by atoms with Crippen LogP contribution in [0.1, 0.15) is 91.2 Å². The zero-order chi connectivity index (χ0) is 18.4. The Labute approximate surface area is 149 Å². The summed E-state index contributed by atoms with van der Waals surface area (Å²) >= 11 is 0. The van der Waals surface area contributed by atoms with Crippen molar-refractivity contribution in [2.75, 3.05) is 0 Å². The molecule has 0 unspecified atom stereocenters. The Balaban J connectivity index is 3.58. The van der Waals surface area contributed by atoms with Gasteiger partial charge in [0.05, 0.1) is 0 Å². The van der Waals surface area contributed by atoms with Crippen molar-refractivity contribution in [3.63, 3.8) is 0 Å². The summed E-state index contributed by atoms with van der Waals surface area (Å²) in [7, 11) is -2.40. The standard InChI is InChI=1S/C20H35O3P/c1-7-19(8-2,9-3)16-13-14-18(23-24(21)22)17(15-16)20(10-4,11-5)12-6/h13-15,21-22H,7-12H2,1-6H3. The molecule has 0 atom stereocenters. The van der Waals surface area contributed by atoms with E-state index in [2.05, 4.69) is 53.7 Å². The lowest BCUT2D eigenvalue weighted by molar-refractivity contribution is 0.342. The lowest BCUT2D eigenvalue weighted by Crippen LogP contribution is -2.27. The maximum atomic E-state index is 9.38. The second-order valence-electron chi connectivity index (χ2n) is 6.74. The Bertz CT molecular complexity index is 489. The molecule has 2 N–H and O–H groups in total. The van der Waals surface area contributed by atoms with Crippen LogP contribution in [0.3, 0.4) is 0 Å². The fourth-order valence-corrected chi connectivity index (χ4v) is 4.46. The molecule has 0 saturated carbocycles. The third-order valence-corrected chi connectivity index (χ3v) is 6.76. The average molecular weight is 354 g/mol. The van der Waals surface area contributed by atoms with Crippen LogP contribution in [0.15, 0.2) is 18.2 Å². The molecule has 0 aliphatic rings. The van der Waals surface area contributed by atoms with E-state index in [1.54, 1.807) is 0 Å². The van der Waals surface area contributed by atoms with Crippen molar-refractivity contribution in [1.82, 2.24) is 0 Å². The second kappa shape index (κ2) is 9.17. The lowest BCUT2D eigenvalue weighted by Gasteiger charge is -2.36. The van der Waals surface area contributed by atoms with Gasteiger partial charge >= 0.3 is 8.60 Å². The van der Waals surface area contributed by atoms with Crippen molar-refractivity contribution in [2.24, 2.45) is 0 Å². The molecule has 1 rings (SSSR count). The summed E-state index contributed by atoms with van der Waals surface area (Å²) in [5.74, 6) is 0.623. The maximum absolute atomic E-state index is 9.38. The Kier molecular flexibility index (Phi) is 8.19. The SMILES string of the molecule is CCC(CC)(CC)c1ccc(OP(O)O)c(C(CC)(CC)CC)c1. The summed E-state index contributed by atoms with van der Waals surface area (Å²) < 4.78 is 5.40. The van der Waals surface area contributed by atoms with Crippen LogP contribution in [0.4, 0.5) is 0 Å². The van der Waals surface area contributed by atoms with E-state index in [9.17, 15) is 9.79 Å². The van der Waals surface area contributed by atoms with Gasteiger partial charge in [-0.3, -0.25) is 0 Å². The summed E-state index contributed by atoms with van der Waals surface area (Å²) in [6.45, 7) is 13.4. The van der Waals surface area contributed by atoms with Gasteiger partial charge in [-0.15, -0.1) is 0 Å². The van der Waals surface area contributed by atoms with Crippen molar-refractivity contribution in [1.29, 1.82) is 0 Å². The molecule has 0 saturated heterocycles. The highest BCUT2D eigenvalue weighted by molar-refractivity contribution is 7.39. The van der Waals surface area contributed by atoms with E-state index >= 15 is 0 Å². The molecule has 0 spiro atoms. The van der Waals surface area contributed by atoms with Gasteiger partial charge in [0.2, 0.25) is 0 Å². The predicted octanol–water partition coefficient (Wildman–Crippen LogP) is 6.21. The number of hydrogen-bond donors (Lipinski definition) is 2. The van der Waals surface area contributed by atoms with E-state index in [1.807, 2.05) is 6.07 Å². The molecule has 24 heavy (non-hydrogen) atoms. The van der Waals surface area contributed by atoms with Crippen LogP contribution in [-0.4, -0.2) is 9.79 Å². The molecule has 0 aliphatic heterocycles. The first-order valence-corrected chi connectivity index (χ1v) is 10.6. The van der Waals surface area contributed by atoms with E-state index in [-0.39, 0.29) is 10.8 Å². The van der Waals surface area contributed by atoms with Crippen LogP contribution >= 0.6 is 8.60 Å². The highest BCUT2D eigenvalue weighted by Crippen LogP contribution is 2.46. The molecule has 1 aromatic rings. The molecule has 0 amide bonds. The molecular formula is C20H35O3P. The van der Waals surface area contributed by atoms with Crippen molar-refractivity contribution in [3.05, 3.63) is 29.3 Å². The van der Waals surface area contributed by atoms with Crippen molar-refractivity contribution < 1.29 is 14.3 Å². The van der Waals surface area contributed by atoms with Crippen molar-refractivity contribution >= 4 is 8.60 Å². The Morgan fingerprint density at radius 2 is 1.25 bits per heavy atom. The third-order valence-electron chi connectivity index (χ3n) is 6.40. The van der Waals surface area contributed by atoms with Gasteiger partial charge in [0.15, 0.2) is 0 Å². The molecule has 4 heteroatoms. The van der Waals surface area contributed by atoms with Gasteiger partial charge in [0.1, 0.15) is 5.75 Å². The fraction of sp³-hybridized carbons (Fsp3) is 0.700. The van der Waals surface area contributed by atoms with Gasteiger partial charge in [-0.2, -0.15) is 0 Å². The van der Waals surface area contributed by atoms with E-state index in [0.29, 0.717) is 5.75 Å². The van der Waals surface area contributed by atoms with Crippen LogP contribution in [0.2, 0.25) is 0 Å². The Morgan fingerprint density at radius 1 is 0.792 bits per heavy atom. The van der Waals surface area contributed by atoms with Gasteiger partial charge in [0, 0.05) is 5.56 Å². The smallest absolute Gasteiger partial charge is 0.391 e. The monoisotopic (exact) mass is 354 g/mol. The number of benzene rings is 1. The lowest BCUT2D eigenvalue weighted by atomic mass is 9.69. The minimum atomic E-state index is -2.40. The predicted molar refractivity (Wildman–Crippen MR) is 104 cm³/mol. The largest absolute Gasteiger partial charge is 0.427 e. The number of hydrogen-bond acceptors (Lipinski definition) is 3. The summed E-state index contributed by atoms with van der Waals surface area (Å²) in [6, 6.07) is 6.33. The van der Waals surface area contributed by atoms with Crippen molar-refractivity contribution in [3.8, 4) is 5.75 Å². The Hall–Kier alpha value is -0.630. The molecule has 0 aromatic heterocycles. The normalized spacial score (nSPS) is 12.7. The summed E-state index contributed by atoms with van der Waals surface area (Å²) in [5, 5.41) is 0. The van der Waals surface area contributed by atoms with Gasteiger partial charge < -0.3 is 14.3 Å². The fourth-order valence-electron chi connectivity index (χ4n) is 4.13. The molecular weight excluding hydrogens is 319 g/mol. The van der Waals surface area contributed by atoms with Gasteiger partial charge in [-0.1, -0.05) is 53.7 Å². The van der Waals surface area contributed by atoms with E-state index in [0.717, 1.165) is 44.1 Å². The van der Waals surface area contributed by atoms with Crippen molar-refractivity contribution in [2.45, 2.75) is 90.9 Å². The van der Waals surface area contributed by atoms with Gasteiger partial charge in [-0.05, 0) is 61.0 Å². The summed E-state index contributed by atoms with van der Waals surface area (Å²) in [4.78, 5) is 18.8. The Morgan fingerprint density at radius 3 is 1.62 bits per heavy atom. The molecule has 0 radical (unpaired) electrons. The molecule has 0 heterocycles. The molecule has 3 nitrogen and oxygen atoms in total. The quantitative estimate of drug-likeness (QED) is 0.491. The van der Waals surface area contributed by atoms with Crippen LogP contribution in [0.5, 0.6) is 5.75 Å². The zero-order valence-electron chi connectivity index (χ0n) is 16.2. The first-order valence-electron chi connectivity index (χ1n) is 9.39. The third kappa shape index (κ3) is 4.12. The minimum Gasteiger partial charge on any atom is -0.427 e. The average Bonchev–Trinajstić information content (AvgIpc) is 2.60. The molecule has 1 aromatic carbocycles. The van der Waals surface area contributed by atoms with E-state index in [4.69, 9.17) is 4.52 Å². The second-order valence-corrected chi connectivity index (χ2v) is 7.43. The van der Waals surface area contributed by atoms with Crippen LogP contribution in [-0.2, 0) is 10.8 Å². The maximum Gasteiger partial charge on any atom is 0.391 e.